The Balaban J connectivity index is 1.68. The number of fused-ring (bicyclic) bond motifs is 1. The molecule has 15 nitrogen and oxygen atoms in total. The molecule has 10 unspecified atom stereocenters. The quantitative estimate of drug-likeness (QED) is 0.0828. The van der Waals surface area contributed by atoms with Gasteiger partial charge in [0.1, 0.15) is 70.6 Å². The van der Waals surface area contributed by atoms with E-state index >= 15 is 0 Å². The van der Waals surface area contributed by atoms with Gasteiger partial charge in [0.25, 0.3) is 0 Å². The van der Waals surface area contributed by atoms with Crippen LogP contribution in [0.1, 0.15) is 6.92 Å². The van der Waals surface area contributed by atoms with Gasteiger partial charge in [0.2, 0.25) is 22.9 Å². The van der Waals surface area contributed by atoms with Crippen LogP contribution in [0.4, 0.5) is 0 Å². The fraction of sp³-hybridized carbons (Fsp3) is 0.712. The molecule has 2 saturated heterocycles. The summed E-state index contributed by atoms with van der Waals surface area (Å²) in [6, 6.07) is 10.5. The van der Waals surface area contributed by atoms with Gasteiger partial charge in [0.05, 0.1) is 25.9 Å². The maximum atomic E-state index is 14.4. The number of methoxy groups -OCH3 is 1. The molecule has 426 valence electrons. The van der Waals surface area contributed by atoms with E-state index in [9.17, 15) is 4.79 Å². The van der Waals surface area contributed by atoms with Crippen molar-refractivity contribution in [3.05, 3.63) is 46.6 Å². The average molecular weight is 1190 g/mol. The lowest BCUT2D eigenvalue weighted by Crippen LogP contribution is -2.68. The maximum absolute atomic E-state index is 14.4. The molecule has 10 atom stereocenters. The summed E-state index contributed by atoms with van der Waals surface area (Å²) >= 11 is 0. The summed E-state index contributed by atoms with van der Waals surface area (Å²) < 4.78 is 96.4. The zero-order valence-corrected chi connectivity index (χ0v) is 58.6. The Morgan fingerprint density at radius 3 is 1.41 bits per heavy atom. The van der Waals surface area contributed by atoms with Gasteiger partial charge in [0, 0.05) is 23.8 Å². The maximum Gasteiger partial charge on any atom is 0.242 e. The van der Waals surface area contributed by atoms with Crippen LogP contribution in [0.3, 0.4) is 0 Å². The predicted molar refractivity (Wildman–Crippen MR) is 321 cm³/mol. The highest BCUT2D eigenvalue weighted by Gasteiger charge is 2.55. The van der Waals surface area contributed by atoms with Crippen LogP contribution in [0.15, 0.2) is 45.6 Å². The van der Waals surface area contributed by atoms with Crippen LogP contribution in [-0.2, 0) is 40.8 Å². The first-order valence-electron chi connectivity index (χ1n) is 26.7. The lowest BCUT2D eigenvalue weighted by Gasteiger charge is -2.52. The summed E-state index contributed by atoms with van der Waals surface area (Å²) in [7, 11) is -16.3. The van der Waals surface area contributed by atoms with Gasteiger partial charge in [-0.2, -0.15) is 0 Å². The van der Waals surface area contributed by atoms with E-state index in [0.29, 0.717) is 39.7 Å². The standard InChI is InChI=1S/C52H96O15Si8/c1-34-45(62-70(9,10)11)47(64-72(15,16)17)49(66-74(21,22)23)51(56-34)55-33-43-46(63-71(12,13)14)48(65-73(18,19)20)50(67-75(24,25)26)52(59-43)57-36-30-41-44(42(31-36)61-69(6,7)8)37(53)32-39(58-41)35-27-28-38(54-2)40(29-35)60-68(3,4)5/h27-32,34,43,45-52H,33H2,1-26H3. The Morgan fingerprint density at radius 2 is 0.920 bits per heavy atom. The topological polar surface area (TPSA) is 150 Å². The molecule has 3 aromatic rings. The molecule has 2 aliphatic rings. The fourth-order valence-electron chi connectivity index (χ4n) is 8.90. The van der Waals surface area contributed by atoms with Gasteiger partial charge in [-0.1, -0.05) is 0 Å². The number of ether oxygens (including phenoxy) is 5. The van der Waals surface area contributed by atoms with Crippen molar-refractivity contribution in [2.45, 2.75) is 225 Å². The Bertz CT molecular complexity index is 2440. The summed E-state index contributed by atoms with van der Waals surface area (Å²) in [6.07, 6.45) is -6.40. The monoisotopic (exact) mass is 1180 g/mol. The third-order valence-corrected chi connectivity index (χ3v) is 18.5. The summed E-state index contributed by atoms with van der Waals surface area (Å²) in [5.74, 6) is 2.22. The molecule has 2 aliphatic heterocycles. The van der Waals surface area contributed by atoms with Gasteiger partial charge in [-0.25, -0.2) is 0 Å². The van der Waals surface area contributed by atoms with Crippen molar-refractivity contribution in [3.8, 4) is 34.3 Å². The largest absolute Gasteiger partial charge is 0.544 e. The van der Waals surface area contributed by atoms with Crippen LogP contribution < -0.4 is 23.8 Å². The van der Waals surface area contributed by atoms with Crippen LogP contribution >= 0.6 is 0 Å². The molecule has 0 N–H and O–H groups in total. The molecule has 2 fully saturated rings. The van der Waals surface area contributed by atoms with Crippen molar-refractivity contribution in [1.29, 1.82) is 0 Å². The second-order valence-electron chi connectivity index (χ2n) is 27.9. The SMILES string of the molecule is COc1ccc(-c2cc(=O)c3c(O[Si](C)(C)C)cc(OC4OC(COC5OC(C)C(O[Si](C)(C)C)C(O[Si](C)(C)C)C5O[Si](C)(C)C)C(O[Si](C)(C)C)C(O[Si](C)(C)C)C4O[Si](C)(C)C)cc3o2)cc1O[Si](C)(C)C. The number of benzene rings is 2. The Hall–Kier alpha value is -1.77. The van der Waals surface area contributed by atoms with Crippen LogP contribution in [0.25, 0.3) is 22.3 Å². The fourth-order valence-corrected chi connectivity index (χ4v) is 17.1. The van der Waals surface area contributed by atoms with E-state index < -0.39 is 116 Å². The molecule has 0 amide bonds. The first-order valence-corrected chi connectivity index (χ1v) is 54.0. The Morgan fingerprint density at radius 1 is 0.467 bits per heavy atom. The van der Waals surface area contributed by atoms with E-state index in [4.69, 9.17) is 63.5 Å². The molecule has 1 aromatic heterocycles. The zero-order chi connectivity index (χ0) is 56.8. The van der Waals surface area contributed by atoms with E-state index in [1.54, 1.807) is 19.2 Å². The van der Waals surface area contributed by atoms with Crippen LogP contribution in [0, 0.1) is 0 Å². The van der Waals surface area contributed by atoms with Crippen molar-refractivity contribution in [2.24, 2.45) is 0 Å². The average Bonchev–Trinajstić information content (AvgIpc) is 3.18. The summed E-state index contributed by atoms with van der Waals surface area (Å²) in [4.78, 5) is 14.4. The molecular weight excluding hydrogens is 1090 g/mol. The highest BCUT2D eigenvalue weighted by atomic mass is 28.4. The van der Waals surface area contributed by atoms with Gasteiger partial charge < -0.3 is 63.5 Å². The van der Waals surface area contributed by atoms with E-state index in [1.165, 1.54) is 6.07 Å². The second kappa shape index (κ2) is 23.7. The van der Waals surface area contributed by atoms with Gasteiger partial charge in [-0.3, -0.25) is 4.79 Å². The molecule has 5 rings (SSSR count). The second-order valence-corrected chi connectivity index (χ2v) is 63.6. The number of hydrogen-bond acceptors (Lipinski definition) is 15. The highest BCUT2D eigenvalue weighted by molar-refractivity contribution is 6.72. The molecule has 0 bridgehead atoms. The molecule has 2 aromatic carbocycles. The van der Waals surface area contributed by atoms with Crippen LogP contribution in [0.2, 0.25) is 157 Å². The van der Waals surface area contributed by atoms with Crippen LogP contribution in [0.5, 0.6) is 23.0 Å². The molecule has 0 radical (unpaired) electrons. The highest BCUT2D eigenvalue weighted by Crippen LogP contribution is 2.41. The first kappa shape index (κ1) is 64.0. The smallest absolute Gasteiger partial charge is 0.242 e. The molecule has 0 spiro atoms. The normalized spacial score (nSPS) is 25.8. The Kier molecular flexibility index (Phi) is 20.3. The molecule has 0 saturated carbocycles. The van der Waals surface area contributed by atoms with Crippen molar-refractivity contribution in [2.75, 3.05) is 13.7 Å². The van der Waals surface area contributed by atoms with Crippen molar-refractivity contribution in [3.63, 3.8) is 0 Å². The number of hydrogen-bond donors (Lipinski definition) is 0. The van der Waals surface area contributed by atoms with E-state index in [2.05, 4.69) is 157 Å². The Labute approximate surface area is 458 Å². The number of rotatable bonds is 23. The van der Waals surface area contributed by atoms with E-state index in [1.807, 2.05) is 25.1 Å². The summed E-state index contributed by atoms with van der Waals surface area (Å²) in [6.45, 7) is 53.6. The zero-order valence-electron chi connectivity index (χ0n) is 50.6. The minimum atomic E-state index is -2.38. The molecule has 23 heteroatoms. The van der Waals surface area contributed by atoms with Crippen molar-refractivity contribution < 1.29 is 63.5 Å². The molecule has 0 aliphatic carbocycles. The first-order chi connectivity index (χ1) is 33.9. The minimum absolute atomic E-state index is 0.0353. The lowest BCUT2D eigenvalue weighted by molar-refractivity contribution is -0.309. The van der Waals surface area contributed by atoms with E-state index in [0.717, 1.165) is 0 Å². The van der Waals surface area contributed by atoms with Gasteiger partial charge in [0.15, 0.2) is 67.4 Å². The predicted octanol–water partition coefficient (Wildman–Crippen LogP) is 13.1. The van der Waals surface area contributed by atoms with Crippen molar-refractivity contribution in [1.82, 2.24) is 0 Å². The third-order valence-electron chi connectivity index (χ3n) is 11.0. The van der Waals surface area contributed by atoms with Gasteiger partial charge >= 0.3 is 0 Å². The molecule has 75 heavy (non-hydrogen) atoms. The van der Waals surface area contributed by atoms with Crippen LogP contribution in [-0.4, -0.2) is 142 Å². The third kappa shape index (κ3) is 19.8. The van der Waals surface area contributed by atoms with E-state index in [-0.39, 0.29) is 29.8 Å². The summed E-state index contributed by atoms with van der Waals surface area (Å²) in [5, 5.41) is 0.306. The van der Waals surface area contributed by atoms with Gasteiger partial charge in [-0.05, 0) is 182 Å². The minimum Gasteiger partial charge on any atom is -0.544 e. The van der Waals surface area contributed by atoms with Crippen molar-refractivity contribution >= 4 is 77.5 Å². The molecular formula is C52H96O15Si8. The lowest BCUT2D eigenvalue weighted by atomic mass is 9.98. The summed E-state index contributed by atoms with van der Waals surface area (Å²) in [5.41, 5.74) is 0.667. The van der Waals surface area contributed by atoms with Gasteiger partial charge in [-0.15, -0.1) is 0 Å². The molecule has 3 heterocycles.